The van der Waals surface area contributed by atoms with Gasteiger partial charge in [-0.2, -0.15) is 0 Å². The first-order valence-electron chi connectivity index (χ1n) is 7.23. The molecule has 3 rings (SSSR count). The van der Waals surface area contributed by atoms with Crippen LogP contribution in [0.15, 0.2) is 42.5 Å². The van der Waals surface area contributed by atoms with Crippen molar-refractivity contribution in [1.82, 2.24) is 4.90 Å². The molecule has 2 N–H and O–H groups in total. The molecular weight excluding hydrogens is 284 g/mol. The van der Waals surface area contributed by atoms with Crippen LogP contribution in [0.5, 0.6) is 0 Å². The van der Waals surface area contributed by atoms with Gasteiger partial charge in [-0.25, -0.2) is 0 Å². The lowest BCUT2D eigenvalue weighted by Gasteiger charge is -2.15. The molecule has 0 unspecified atom stereocenters. The van der Waals surface area contributed by atoms with Gasteiger partial charge in [-0.05, 0) is 29.2 Å². The monoisotopic (exact) mass is 304 g/mol. The van der Waals surface area contributed by atoms with E-state index in [1.807, 2.05) is 17.0 Å². The molecule has 0 spiro atoms. The van der Waals surface area contributed by atoms with Crippen LogP contribution in [0.4, 0.5) is 0 Å². The second kappa shape index (κ2) is 6.92. The fraction of sp³-hybridized carbons (Fsp3) is 0.353. The van der Waals surface area contributed by atoms with E-state index in [4.69, 9.17) is 5.73 Å². The van der Waals surface area contributed by atoms with E-state index in [0.29, 0.717) is 6.42 Å². The van der Waals surface area contributed by atoms with Crippen LogP contribution in [0, 0.1) is 0 Å². The number of nitrogens with zero attached hydrogens (tertiary/aromatic N) is 1. The van der Waals surface area contributed by atoms with Gasteiger partial charge in [0.25, 0.3) is 0 Å². The molecular formula is C17H21ClN2O. The number of benzene rings is 2. The van der Waals surface area contributed by atoms with Crippen LogP contribution in [0.3, 0.4) is 0 Å². The van der Waals surface area contributed by atoms with E-state index in [9.17, 15) is 4.79 Å². The van der Waals surface area contributed by atoms with Crippen LogP contribution < -0.4 is 5.73 Å². The number of rotatable bonds is 3. The summed E-state index contributed by atoms with van der Waals surface area (Å²) in [4.78, 5) is 14.0. The molecule has 1 aliphatic rings. The maximum Gasteiger partial charge on any atom is 0.222 e. The van der Waals surface area contributed by atoms with Gasteiger partial charge < -0.3 is 10.6 Å². The summed E-state index contributed by atoms with van der Waals surface area (Å²) in [5.41, 5.74) is 7.06. The predicted molar refractivity (Wildman–Crippen MR) is 88.7 cm³/mol. The first-order chi connectivity index (χ1) is 9.72. The zero-order valence-electron chi connectivity index (χ0n) is 12.0. The highest BCUT2D eigenvalue weighted by Crippen LogP contribution is 2.17. The molecule has 1 heterocycles. The zero-order valence-corrected chi connectivity index (χ0v) is 12.8. The zero-order chi connectivity index (χ0) is 13.9. The number of likely N-dealkylation sites (tertiary alicyclic amines) is 1. The van der Waals surface area contributed by atoms with Crippen molar-refractivity contribution in [1.29, 1.82) is 0 Å². The molecule has 2 aromatic carbocycles. The van der Waals surface area contributed by atoms with Gasteiger partial charge in [0, 0.05) is 25.6 Å². The van der Waals surface area contributed by atoms with Crippen LogP contribution in [0.1, 0.15) is 18.4 Å². The fourth-order valence-corrected chi connectivity index (χ4v) is 2.82. The third-order valence-electron chi connectivity index (χ3n) is 4.02. The number of fused-ring (bicyclic) bond motifs is 1. The van der Waals surface area contributed by atoms with Crippen molar-refractivity contribution in [2.75, 3.05) is 13.1 Å². The molecule has 1 aliphatic heterocycles. The van der Waals surface area contributed by atoms with E-state index >= 15 is 0 Å². The van der Waals surface area contributed by atoms with Crippen LogP contribution in [0.25, 0.3) is 10.8 Å². The highest BCUT2D eigenvalue weighted by atomic mass is 35.5. The third-order valence-corrected chi connectivity index (χ3v) is 4.02. The minimum absolute atomic E-state index is 0. The van der Waals surface area contributed by atoms with Crippen molar-refractivity contribution >= 4 is 29.1 Å². The number of amides is 1. The van der Waals surface area contributed by atoms with E-state index in [1.54, 1.807) is 0 Å². The first-order valence-corrected chi connectivity index (χ1v) is 7.23. The fourth-order valence-electron chi connectivity index (χ4n) is 2.82. The van der Waals surface area contributed by atoms with Crippen LogP contribution in [-0.4, -0.2) is 29.9 Å². The molecule has 0 radical (unpaired) electrons. The Morgan fingerprint density at radius 2 is 1.95 bits per heavy atom. The highest BCUT2D eigenvalue weighted by Gasteiger charge is 2.22. The minimum atomic E-state index is 0. The quantitative estimate of drug-likeness (QED) is 0.948. The summed E-state index contributed by atoms with van der Waals surface area (Å²) in [7, 11) is 0. The number of hydrogen-bond donors (Lipinski definition) is 1. The Morgan fingerprint density at radius 1 is 1.19 bits per heavy atom. The Hall–Kier alpha value is -1.58. The lowest BCUT2D eigenvalue weighted by atomic mass is 10.0. The summed E-state index contributed by atoms with van der Waals surface area (Å²) in [6, 6.07) is 14.9. The first kappa shape index (κ1) is 15.8. The van der Waals surface area contributed by atoms with Gasteiger partial charge in [-0.15, -0.1) is 12.4 Å². The summed E-state index contributed by atoms with van der Waals surface area (Å²) in [5.74, 6) is 0.228. The lowest BCUT2D eigenvalue weighted by Crippen LogP contribution is -2.31. The normalized spacial score (nSPS) is 17.8. The number of carbonyl (C=O) groups is 1. The number of hydrogen-bond acceptors (Lipinski definition) is 2. The molecule has 0 bridgehead atoms. The second-order valence-electron chi connectivity index (χ2n) is 5.57. The molecule has 4 heteroatoms. The highest BCUT2D eigenvalue weighted by molar-refractivity contribution is 5.85. The van der Waals surface area contributed by atoms with Gasteiger partial charge >= 0.3 is 0 Å². The van der Waals surface area contributed by atoms with Crippen molar-refractivity contribution in [2.45, 2.75) is 25.3 Å². The van der Waals surface area contributed by atoms with Gasteiger partial charge in [0.05, 0.1) is 0 Å². The SMILES string of the molecule is Cl.N[C@@H]1CCN(C(=O)CCc2ccc3ccccc3c2)C1. The van der Waals surface area contributed by atoms with Crippen LogP contribution in [0.2, 0.25) is 0 Å². The largest absolute Gasteiger partial charge is 0.341 e. The number of nitrogens with two attached hydrogens (primary N) is 1. The maximum atomic E-state index is 12.1. The minimum Gasteiger partial charge on any atom is -0.341 e. The van der Waals surface area contributed by atoms with Gasteiger partial charge in [0.1, 0.15) is 0 Å². The van der Waals surface area contributed by atoms with Crippen LogP contribution >= 0.6 is 12.4 Å². The summed E-state index contributed by atoms with van der Waals surface area (Å²) < 4.78 is 0. The number of carbonyl (C=O) groups excluding carboxylic acids is 1. The maximum absolute atomic E-state index is 12.1. The molecule has 2 aromatic rings. The lowest BCUT2D eigenvalue weighted by molar-refractivity contribution is -0.130. The Bertz CT molecular complexity index is 629. The van der Waals surface area contributed by atoms with Gasteiger partial charge in [0.2, 0.25) is 5.91 Å². The number of aryl methyl sites for hydroxylation is 1. The van der Waals surface area contributed by atoms with Crippen molar-refractivity contribution in [3.8, 4) is 0 Å². The van der Waals surface area contributed by atoms with Crippen molar-refractivity contribution in [2.24, 2.45) is 5.73 Å². The van der Waals surface area contributed by atoms with Gasteiger partial charge in [-0.3, -0.25) is 4.79 Å². The van der Waals surface area contributed by atoms with Crippen molar-refractivity contribution in [3.63, 3.8) is 0 Å². The molecule has 21 heavy (non-hydrogen) atoms. The van der Waals surface area contributed by atoms with Crippen molar-refractivity contribution < 1.29 is 4.79 Å². The molecule has 1 fully saturated rings. The van der Waals surface area contributed by atoms with E-state index < -0.39 is 0 Å². The average molecular weight is 305 g/mol. The Labute approximate surface area is 131 Å². The smallest absolute Gasteiger partial charge is 0.222 e. The molecule has 3 nitrogen and oxygen atoms in total. The second-order valence-corrected chi connectivity index (χ2v) is 5.57. The topological polar surface area (TPSA) is 46.3 Å². The summed E-state index contributed by atoms with van der Waals surface area (Å²) in [5, 5.41) is 2.48. The molecule has 0 saturated carbocycles. The molecule has 1 atom stereocenters. The van der Waals surface area contributed by atoms with E-state index in [-0.39, 0.29) is 24.4 Å². The Kier molecular flexibility index (Phi) is 5.21. The Balaban J connectivity index is 0.00000161. The van der Waals surface area contributed by atoms with E-state index in [2.05, 4.69) is 30.3 Å². The standard InChI is InChI=1S/C17H20N2O.ClH/c18-16-9-10-19(12-16)17(20)8-6-13-5-7-14-3-1-2-4-15(14)11-13;/h1-5,7,11,16H,6,8-10,12,18H2;1H/t16-;/m1./s1. The van der Waals surface area contributed by atoms with E-state index in [1.165, 1.54) is 16.3 Å². The summed E-state index contributed by atoms with van der Waals surface area (Å²) >= 11 is 0. The summed E-state index contributed by atoms with van der Waals surface area (Å²) in [6.45, 7) is 1.54. The predicted octanol–water partition coefficient (Wildman–Crippen LogP) is 2.75. The van der Waals surface area contributed by atoms with Gasteiger partial charge in [0.15, 0.2) is 0 Å². The van der Waals surface area contributed by atoms with Crippen molar-refractivity contribution in [3.05, 3.63) is 48.0 Å². The molecule has 0 aromatic heterocycles. The van der Waals surface area contributed by atoms with Crippen LogP contribution in [-0.2, 0) is 11.2 Å². The van der Waals surface area contributed by atoms with Gasteiger partial charge in [-0.1, -0.05) is 42.5 Å². The molecule has 1 saturated heterocycles. The molecule has 0 aliphatic carbocycles. The summed E-state index contributed by atoms with van der Waals surface area (Å²) in [6.07, 6.45) is 2.31. The average Bonchev–Trinajstić information content (AvgIpc) is 2.91. The molecule has 1 amide bonds. The number of halogens is 1. The third kappa shape index (κ3) is 3.74. The van der Waals surface area contributed by atoms with E-state index in [0.717, 1.165) is 25.9 Å². The molecule has 112 valence electrons. The Morgan fingerprint density at radius 3 is 2.67 bits per heavy atom.